The van der Waals surface area contributed by atoms with Gasteiger partial charge in [0.05, 0.1) is 12.7 Å². The van der Waals surface area contributed by atoms with Crippen molar-refractivity contribution in [3.05, 3.63) is 0 Å². The van der Waals surface area contributed by atoms with Gasteiger partial charge in [-0.15, -0.1) is 0 Å². The number of unbranched alkanes of at least 4 members (excludes halogenated alkanes) is 1. The monoisotopic (exact) mass is 376 g/mol. The normalized spacial score (nSPS) is 20.1. The highest BCUT2D eigenvalue weighted by molar-refractivity contribution is 7.47. The topological polar surface area (TPSA) is 55.8 Å². The molecule has 1 fully saturated rings. The van der Waals surface area contributed by atoms with E-state index in [2.05, 4.69) is 27.7 Å². The van der Waals surface area contributed by atoms with Crippen molar-refractivity contribution in [3.8, 4) is 0 Å². The number of rotatable bonds is 13. The molecule has 0 saturated heterocycles. The molecule has 1 aliphatic carbocycles. The summed E-state index contributed by atoms with van der Waals surface area (Å²) in [5.41, 5.74) is 0. The van der Waals surface area contributed by atoms with Gasteiger partial charge in [-0.2, -0.15) is 0 Å². The lowest BCUT2D eigenvalue weighted by atomic mass is 9.93. The smallest absolute Gasteiger partial charge is 0.302 e. The summed E-state index contributed by atoms with van der Waals surface area (Å²) in [4.78, 5) is 10.0. The molecule has 0 aliphatic heterocycles. The zero-order valence-electron chi connectivity index (χ0n) is 16.9. The van der Waals surface area contributed by atoms with Gasteiger partial charge in [-0.1, -0.05) is 72.6 Å². The average molecular weight is 377 g/mol. The molecule has 1 rings (SSSR count). The van der Waals surface area contributed by atoms with E-state index in [0.717, 1.165) is 50.9 Å². The summed E-state index contributed by atoms with van der Waals surface area (Å²) in [7, 11) is -3.92. The quantitative estimate of drug-likeness (QED) is 0.286. The molecule has 2 atom stereocenters. The standard InChI is InChI=1S/C20H41O4P/c1-17(2)10-8-9-11-19(15-14-18(3)4)16-23-25(21,22)24-20-12-6-5-7-13-20/h17-20H,5-16H2,1-4H3,(H,21,22). The molecule has 0 amide bonds. The maximum atomic E-state index is 12.3. The Morgan fingerprint density at radius 3 is 2.12 bits per heavy atom. The highest BCUT2D eigenvalue weighted by Gasteiger charge is 2.28. The van der Waals surface area contributed by atoms with Crippen LogP contribution in [0.3, 0.4) is 0 Å². The van der Waals surface area contributed by atoms with Crippen molar-refractivity contribution in [2.75, 3.05) is 6.61 Å². The fourth-order valence-corrected chi connectivity index (χ4v) is 4.50. The third-order valence-electron chi connectivity index (χ3n) is 5.10. The fraction of sp³-hybridized carbons (Fsp3) is 1.00. The van der Waals surface area contributed by atoms with Gasteiger partial charge >= 0.3 is 7.82 Å². The largest absolute Gasteiger partial charge is 0.472 e. The molecular formula is C20H41O4P. The van der Waals surface area contributed by atoms with Gasteiger partial charge < -0.3 is 4.89 Å². The molecule has 4 nitrogen and oxygen atoms in total. The summed E-state index contributed by atoms with van der Waals surface area (Å²) in [6, 6.07) is 0. The number of hydrogen-bond acceptors (Lipinski definition) is 3. The summed E-state index contributed by atoms with van der Waals surface area (Å²) in [6.45, 7) is 9.29. The summed E-state index contributed by atoms with van der Waals surface area (Å²) in [5.74, 6) is 1.74. The van der Waals surface area contributed by atoms with Crippen LogP contribution >= 0.6 is 7.82 Å². The van der Waals surface area contributed by atoms with E-state index in [-0.39, 0.29) is 6.10 Å². The van der Waals surface area contributed by atoms with Crippen LogP contribution in [0.5, 0.6) is 0 Å². The van der Waals surface area contributed by atoms with Crippen molar-refractivity contribution in [2.24, 2.45) is 17.8 Å². The van der Waals surface area contributed by atoms with Crippen LogP contribution in [0.2, 0.25) is 0 Å². The Hall–Kier alpha value is 0.110. The van der Waals surface area contributed by atoms with Gasteiger partial charge in [-0.3, -0.25) is 9.05 Å². The molecule has 0 spiro atoms. The van der Waals surface area contributed by atoms with Gasteiger partial charge in [-0.25, -0.2) is 4.57 Å². The van der Waals surface area contributed by atoms with Crippen LogP contribution in [0, 0.1) is 17.8 Å². The summed E-state index contributed by atoms with van der Waals surface area (Å²) >= 11 is 0. The zero-order valence-corrected chi connectivity index (χ0v) is 17.8. The first-order chi connectivity index (χ1) is 11.8. The molecule has 25 heavy (non-hydrogen) atoms. The molecule has 0 aromatic rings. The van der Waals surface area contributed by atoms with Gasteiger partial charge in [0.2, 0.25) is 0 Å². The Labute approximate surface area is 155 Å². The number of phosphoric ester groups is 1. The van der Waals surface area contributed by atoms with E-state index < -0.39 is 7.82 Å². The molecule has 0 aromatic carbocycles. The molecule has 0 radical (unpaired) electrons. The van der Waals surface area contributed by atoms with Gasteiger partial charge in [0.15, 0.2) is 0 Å². The molecule has 1 saturated carbocycles. The van der Waals surface area contributed by atoms with Crippen molar-refractivity contribution < 1.29 is 18.5 Å². The van der Waals surface area contributed by atoms with Crippen LogP contribution in [-0.4, -0.2) is 17.6 Å². The van der Waals surface area contributed by atoms with Crippen molar-refractivity contribution in [1.29, 1.82) is 0 Å². The van der Waals surface area contributed by atoms with Crippen LogP contribution in [-0.2, 0) is 13.6 Å². The predicted octanol–water partition coefficient (Wildman–Crippen LogP) is 6.72. The van der Waals surface area contributed by atoms with E-state index in [4.69, 9.17) is 9.05 Å². The van der Waals surface area contributed by atoms with Crippen LogP contribution in [0.4, 0.5) is 0 Å². The van der Waals surface area contributed by atoms with E-state index in [1.807, 2.05) is 0 Å². The minimum Gasteiger partial charge on any atom is -0.302 e. The van der Waals surface area contributed by atoms with Crippen LogP contribution in [0.15, 0.2) is 0 Å². The second-order valence-corrected chi connectivity index (χ2v) is 10.1. The Morgan fingerprint density at radius 1 is 0.920 bits per heavy atom. The summed E-state index contributed by atoms with van der Waals surface area (Å²) in [6.07, 6.45) is 11.9. The maximum Gasteiger partial charge on any atom is 0.472 e. The van der Waals surface area contributed by atoms with Crippen LogP contribution in [0.1, 0.15) is 98.3 Å². The minimum absolute atomic E-state index is 0.107. The highest BCUT2D eigenvalue weighted by Crippen LogP contribution is 2.47. The first kappa shape index (κ1) is 23.1. The van der Waals surface area contributed by atoms with E-state index in [1.165, 1.54) is 25.7 Å². The minimum atomic E-state index is -3.92. The Bertz CT molecular complexity index is 378. The van der Waals surface area contributed by atoms with E-state index >= 15 is 0 Å². The van der Waals surface area contributed by atoms with Crippen LogP contribution in [0.25, 0.3) is 0 Å². The van der Waals surface area contributed by atoms with E-state index in [1.54, 1.807) is 0 Å². The van der Waals surface area contributed by atoms with Gasteiger partial charge in [0.1, 0.15) is 0 Å². The third kappa shape index (κ3) is 12.2. The molecule has 2 unspecified atom stereocenters. The van der Waals surface area contributed by atoms with E-state index in [9.17, 15) is 9.46 Å². The second kappa shape index (κ2) is 12.5. The first-order valence-electron chi connectivity index (χ1n) is 10.4. The summed E-state index contributed by atoms with van der Waals surface area (Å²) in [5, 5.41) is 0. The third-order valence-corrected chi connectivity index (χ3v) is 6.14. The van der Waals surface area contributed by atoms with Crippen LogP contribution < -0.4 is 0 Å². The lowest BCUT2D eigenvalue weighted by Gasteiger charge is -2.25. The predicted molar refractivity (Wildman–Crippen MR) is 105 cm³/mol. The number of phosphoric acid groups is 1. The van der Waals surface area contributed by atoms with Crippen molar-refractivity contribution in [3.63, 3.8) is 0 Å². The lowest BCUT2D eigenvalue weighted by molar-refractivity contribution is 0.0719. The average Bonchev–Trinajstić information content (AvgIpc) is 2.53. The molecule has 0 aromatic heterocycles. The molecule has 1 N–H and O–H groups in total. The fourth-order valence-electron chi connectivity index (χ4n) is 3.45. The van der Waals surface area contributed by atoms with Gasteiger partial charge in [0, 0.05) is 0 Å². The molecular weight excluding hydrogens is 335 g/mol. The van der Waals surface area contributed by atoms with Gasteiger partial charge in [-0.05, 0) is 43.4 Å². The highest BCUT2D eigenvalue weighted by atomic mass is 31.2. The Morgan fingerprint density at radius 2 is 1.52 bits per heavy atom. The van der Waals surface area contributed by atoms with Crippen molar-refractivity contribution in [2.45, 2.75) is 104 Å². The lowest BCUT2D eigenvalue weighted by Crippen LogP contribution is -2.17. The molecule has 150 valence electrons. The summed E-state index contributed by atoms with van der Waals surface area (Å²) < 4.78 is 23.0. The van der Waals surface area contributed by atoms with Crippen molar-refractivity contribution >= 4 is 7.82 Å². The maximum absolute atomic E-state index is 12.3. The van der Waals surface area contributed by atoms with E-state index in [0.29, 0.717) is 18.4 Å². The first-order valence-corrected chi connectivity index (χ1v) is 11.9. The number of hydrogen-bond donors (Lipinski definition) is 1. The molecule has 0 heterocycles. The molecule has 0 bridgehead atoms. The molecule has 1 aliphatic rings. The van der Waals surface area contributed by atoms with Gasteiger partial charge in [0.25, 0.3) is 0 Å². The zero-order chi connectivity index (χ0) is 18.7. The Balaban J connectivity index is 2.38. The SMILES string of the molecule is CC(C)CCCCC(CCC(C)C)COP(=O)(O)OC1CCCCC1. The molecule has 5 heteroatoms. The van der Waals surface area contributed by atoms with Crippen molar-refractivity contribution in [1.82, 2.24) is 0 Å². The Kier molecular flexibility index (Phi) is 11.6. The second-order valence-electron chi connectivity index (χ2n) is 8.65.